The van der Waals surface area contributed by atoms with Crippen molar-refractivity contribution in [3.8, 4) is 17.3 Å². The highest BCUT2D eigenvalue weighted by Crippen LogP contribution is 2.30. The summed E-state index contributed by atoms with van der Waals surface area (Å²) >= 11 is 0. The molecule has 0 aliphatic rings. The number of benzene rings is 1. The van der Waals surface area contributed by atoms with Crippen LogP contribution in [0, 0.1) is 11.5 Å². The Hall–Kier alpha value is -5.10. The quantitative estimate of drug-likeness (QED) is 0.375. The molecule has 9 heteroatoms. The molecule has 2 N–H and O–H groups in total. The van der Waals surface area contributed by atoms with Crippen molar-refractivity contribution < 1.29 is 0 Å². The van der Waals surface area contributed by atoms with E-state index in [1.54, 1.807) is 43.1 Å². The summed E-state index contributed by atoms with van der Waals surface area (Å²) in [5.41, 5.74) is 13.7. The normalized spacial score (nSPS) is 10.7. The average Bonchev–Trinajstić information content (AvgIpc) is 3.55. The fourth-order valence-electron chi connectivity index (χ4n) is 3.97. The van der Waals surface area contributed by atoms with E-state index < -0.39 is 0 Å². The lowest BCUT2D eigenvalue weighted by molar-refractivity contribution is 0.659. The summed E-state index contributed by atoms with van der Waals surface area (Å²) in [6, 6.07) is 11.4. The van der Waals surface area contributed by atoms with Crippen LogP contribution in [0.15, 0.2) is 86.0 Å². The molecule has 0 aliphatic carbocycles. The molecule has 5 aromatic heterocycles. The number of aryl methyl sites for hydroxylation is 1. The molecular weight excluding hydrogens is 450 g/mol. The first kappa shape index (κ1) is 22.7. The minimum absolute atomic E-state index is 0.610. The number of nitrogens with zero attached hydrogens (tertiary/aromatic N) is 8. The van der Waals surface area contributed by atoms with Gasteiger partial charge in [0, 0.05) is 73.2 Å². The number of nitrogen functional groups attached to an aromatic ring is 1. The first-order valence-electron chi connectivity index (χ1n) is 11.4. The van der Waals surface area contributed by atoms with Crippen LogP contribution < -0.4 is 5.73 Å². The highest BCUT2D eigenvalue weighted by atomic mass is 15.3. The molecule has 0 radical (unpaired) electrons. The summed E-state index contributed by atoms with van der Waals surface area (Å²) in [6.45, 7) is 3.01. The minimum Gasteiger partial charge on any atom is -0.399 e. The van der Waals surface area contributed by atoms with Crippen molar-refractivity contribution in [2.45, 2.75) is 19.9 Å². The molecule has 176 valence electrons. The summed E-state index contributed by atoms with van der Waals surface area (Å²) in [5.74, 6) is 0. The lowest BCUT2D eigenvalue weighted by atomic mass is 10.0. The molecule has 0 saturated carbocycles. The summed E-state index contributed by atoms with van der Waals surface area (Å²) in [7, 11) is 0. The zero-order valence-electron chi connectivity index (χ0n) is 19.7. The predicted molar refractivity (Wildman–Crippen MR) is 139 cm³/mol. The van der Waals surface area contributed by atoms with Crippen molar-refractivity contribution in [1.82, 2.24) is 34.3 Å². The number of pyridine rings is 2. The summed E-state index contributed by atoms with van der Waals surface area (Å²) < 4.78 is 3.41. The fourth-order valence-corrected chi connectivity index (χ4v) is 3.97. The number of aromatic nitrogens is 7. The van der Waals surface area contributed by atoms with Crippen molar-refractivity contribution >= 4 is 27.8 Å². The minimum atomic E-state index is 0.610. The van der Waals surface area contributed by atoms with Crippen LogP contribution in [0.25, 0.3) is 33.2 Å². The number of rotatable bonds is 4. The molecule has 1 aromatic carbocycles. The SMILES string of the molecule is CCn1cc(Cc2cccnc2)cn1.N#Cn1ccc2ncc(-c3cc(N)cc4nccnc34)cc21. The van der Waals surface area contributed by atoms with Crippen molar-refractivity contribution in [1.29, 1.82) is 5.26 Å². The molecule has 6 aromatic rings. The van der Waals surface area contributed by atoms with E-state index in [-0.39, 0.29) is 0 Å². The van der Waals surface area contributed by atoms with Gasteiger partial charge in [-0.2, -0.15) is 10.4 Å². The molecule has 5 heterocycles. The van der Waals surface area contributed by atoms with Gasteiger partial charge in [0.1, 0.15) is 0 Å². The Bertz CT molecular complexity index is 1680. The highest BCUT2D eigenvalue weighted by molar-refractivity contribution is 5.95. The van der Waals surface area contributed by atoms with Crippen molar-refractivity contribution in [2.75, 3.05) is 5.73 Å². The van der Waals surface area contributed by atoms with E-state index in [4.69, 9.17) is 11.0 Å². The van der Waals surface area contributed by atoms with Crippen LogP contribution in [0.5, 0.6) is 0 Å². The monoisotopic (exact) mass is 473 g/mol. The van der Waals surface area contributed by atoms with Gasteiger partial charge in [-0.05, 0) is 48.4 Å². The van der Waals surface area contributed by atoms with Crippen LogP contribution >= 0.6 is 0 Å². The third-order valence-corrected chi connectivity index (χ3v) is 5.69. The van der Waals surface area contributed by atoms with Crippen LogP contribution in [0.3, 0.4) is 0 Å². The molecule has 0 amide bonds. The molecule has 0 spiro atoms. The smallest absolute Gasteiger partial charge is 0.188 e. The van der Waals surface area contributed by atoms with Crippen LogP contribution in [-0.4, -0.2) is 34.3 Å². The first-order chi connectivity index (χ1) is 17.6. The van der Waals surface area contributed by atoms with Crippen LogP contribution in [0.1, 0.15) is 18.1 Å². The van der Waals surface area contributed by atoms with Crippen LogP contribution in [0.4, 0.5) is 5.69 Å². The number of nitrogens with two attached hydrogens (primary N) is 1. The van der Waals surface area contributed by atoms with Crippen LogP contribution in [0.2, 0.25) is 0 Å². The maximum Gasteiger partial charge on any atom is 0.188 e. The van der Waals surface area contributed by atoms with Gasteiger partial charge >= 0.3 is 0 Å². The first-order valence-corrected chi connectivity index (χ1v) is 11.4. The van der Waals surface area contributed by atoms with E-state index in [0.29, 0.717) is 5.69 Å². The molecule has 36 heavy (non-hydrogen) atoms. The van der Waals surface area contributed by atoms with Gasteiger partial charge in [0.05, 0.1) is 28.3 Å². The Morgan fingerprint density at radius 3 is 2.61 bits per heavy atom. The Morgan fingerprint density at radius 1 is 0.944 bits per heavy atom. The number of fused-ring (bicyclic) bond motifs is 2. The van der Waals surface area contributed by atoms with Gasteiger partial charge in [-0.1, -0.05) is 6.07 Å². The van der Waals surface area contributed by atoms with Gasteiger partial charge in [-0.3, -0.25) is 29.2 Å². The van der Waals surface area contributed by atoms with Crippen molar-refractivity contribution in [2.24, 2.45) is 0 Å². The number of anilines is 1. The van der Waals surface area contributed by atoms with E-state index in [2.05, 4.69) is 50.4 Å². The van der Waals surface area contributed by atoms with E-state index in [1.165, 1.54) is 15.7 Å². The Labute approximate surface area is 207 Å². The summed E-state index contributed by atoms with van der Waals surface area (Å²) in [5, 5.41) is 13.4. The zero-order valence-corrected chi connectivity index (χ0v) is 19.7. The van der Waals surface area contributed by atoms with Gasteiger partial charge in [-0.15, -0.1) is 0 Å². The average molecular weight is 474 g/mol. The lowest BCUT2D eigenvalue weighted by Gasteiger charge is -2.07. The second-order valence-electron chi connectivity index (χ2n) is 8.15. The van der Waals surface area contributed by atoms with Gasteiger partial charge < -0.3 is 5.73 Å². The third kappa shape index (κ3) is 4.74. The second-order valence-corrected chi connectivity index (χ2v) is 8.15. The summed E-state index contributed by atoms with van der Waals surface area (Å²) in [6.07, 6.45) is 17.4. The maximum atomic E-state index is 9.14. The third-order valence-electron chi connectivity index (χ3n) is 5.69. The van der Waals surface area contributed by atoms with Gasteiger partial charge in [0.15, 0.2) is 6.19 Å². The Morgan fingerprint density at radius 2 is 1.83 bits per heavy atom. The van der Waals surface area contributed by atoms with E-state index in [1.807, 2.05) is 35.3 Å². The number of hydrogen-bond donors (Lipinski definition) is 1. The predicted octanol–water partition coefficient (Wildman–Crippen LogP) is 4.45. The second kappa shape index (κ2) is 10.0. The fraction of sp³-hybridized carbons (Fsp3) is 0.111. The number of nitriles is 1. The van der Waals surface area contributed by atoms with Gasteiger partial charge in [-0.25, -0.2) is 0 Å². The molecule has 0 fully saturated rings. The van der Waals surface area contributed by atoms with E-state index >= 15 is 0 Å². The van der Waals surface area contributed by atoms with Crippen molar-refractivity contribution in [3.63, 3.8) is 0 Å². The molecule has 0 aliphatic heterocycles. The zero-order chi connectivity index (χ0) is 24.9. The summed E-state index contributed by atoms with van der Waals surface area (Å²) in [4.78, 5) is 17.2. The lowest BCUT2D eigenvalue weighted by Crippen LogP contribution is -1.93. The largest absolute Gasteiger partial charge is 0.399 e. The van der Waals surface area contributed by atoms with E-state index in [0.717, 1.165) is 46.2 Å². The van der Waals surface area contributed by atoms with Gasteiger partial charge in [0.25, 0.3) is 0 Å². The maximum absolute atomic E-state index is 9.14. The van der Waals surface area contributed by atoms with E-state index in [9.17, 15) is 0 Å². The highest BCUT2D eigenvalue weighted by Gasteiger charge is 2.10. The molecule has 0 atom stereocenters. The number of hydrogen-bond acceptors (Lipinski definition) is 7. The topological polar surface area (TPSA) is 124 Å². The molecule has 0 saturated heterocycles. The Balaban J connectivity index is 0.000000165. The molecule has 6 rings (SSSR count). The van der Waals surface area contributed by atoms with Gasteiger partial charge in [0.2, 0.25) is 0 Å². The van der Waals surface area contributed by atoms with Crippen LogP contribution in [-0.2, 0) is 13.0 Å². The molecule has 9 nitrogen and oxygen atoms in total. The van der Waals surface area contributed by atoms with Crippen molar-refractivity contribution in [3.05, 3.63) is 97.1 Å². The molecule has 0 bridgehead atoms. The molecule has 0 unspecified atom stereocenters. The molecular formula is C27H23N9. The Kier molecular flexibility index (Phi) is 6.32. The standard InChI is InChI=1S/C16H10N6.C11H13N3/c17-9-22-4-1-13-15(22)5-10(8-21-13)12-6-11(18)7-14-16(12)20-3-2-19-14;1-2-14-9-11(8-13-14)6-10-4-3-5-12-7-10/h1-8H,18H2;3-5,7-9H,2,6H2,1H3.